The normalized spacial score (nSPS) is 19.0. The average Bonchev–Trinajstić information content (AvgIpc) is 3.09. The molecule has 0 saturated carbocycles. The Bertz CT molecular complexity index is 805. The minimum absolute atomic E-state index is 0.00479. The molecule has 2 aliphatic rings. The number of fused-ring (bicyclic) bond motifs is 2. The third-order valence-electron chi connectivity index (χ3n) is 4.78. The van der Waals surface area contributed by atoms with Crippen molar-refractivity contribution in [3.05, 3.63) is 53.1 Å². The number of hydrogen-bond donors (Lipinski definition) is 1. The molecular formula is C18H20FN3O3. The number of carbonyl (C=O) groups excluding carboxylic acids is 1. The molecule has 6 nitrogen and oxygen atoms in total. The zero-order chi connectivity index (χ0) is 17.4. The quantitative estimate of drug-likeness (QED) is 0.911. The standard InChI is InChI=1S/C18H20FN3O3/c1-12-16-3-2-4-21(16)5-6-22(12)18(23)20-9-13-7-15(19)8-14-10-24-11-25-17(13)14/h2-4,7-8,12H,5-6,9-11H2,1H3,(H,20,23)/t12-/m1/s1. The lowest BCUT2D eigenvalue weighted by molar-refractivity contribution is -0.0173. The van der Waals surface area contributed by atoms with Gasteiger partial charge in [0.25, 0.3) is 0 Å². The summed E-state index contributed by atoms with van der Waals surface area (Å²) in [5.41, 5.74) is 2.41. The topological polar surface area (TPSA) is 55.7 Å². The fourth-order valence-electron chi connectivity index (χ4n) is 3.52. The molecule has 25 heavy (non-hydrogen) atoms. The summed E-state index contributed by atoms with van der Waals surface area (Å²) in [6, 6.07) is 6.66. The number of benzene rings is 1. The van der Waals surface area contributed by atoms with Gasteiger partial charge < -0.3 is 24.3 Å². The Hall–Kier alpha value is -2.54. The van der Waals surface area contributed by atoms with Gasteiger partial charge in [-0.3, -0.25) is 0 Å². The first kappa shape index (κ1) is 16.0. The number of nitrogens with zero attached hydrogens (tertiary/aromatic N) is 2. The van der Waals surface area contributed by atoms with Gasteiger partial charge in [0.1, 0.15) is 11.6 Å². The Kier molecular flexibility index (Phi) is 4.09. The van der Waals surface area contributed by atoms with Crippen molar-refractivity contribution in [1.82, 2.24) is 14.8 Å². The van der Waals surface area contributed by atoms with E-state index in [9.17, 15) is 9.18 Å². The van der Waals surface area contributed by atoms with Crippen LogP contribution in [0.2, 0.25) is 0 Å². The van der Waals surface area contributed by atoms with Crippen molar-refractivity contribution in [2.75, 3.05) is 13.3 Å². The van der Waals surface area contributed by atoms with Gasteiger partial charge in [-0.25, -0.2) is 9.18 Å². The third-order valence-corrected chi connectivity index (χ3v) is 4.78. The molecule has 3 heterocycles. The lowest BCUT2D eigenvalue weighted by Gasteiger charge is -2.35. The van der Waals surface area contributed by atoms with Crippen molar-refractivity contribution in [2.24, 2.45) is 0 Å². The highest BCUT2D eigenvalue weighted by molar-refractivity contribution is 5.75. The molecule has 7 heteroatoms. The second kappa shape index (κ2) is 6.40. The van der Waals surface area contributed by atoms with Crippen LogP contribution >= 0.6 is 0 Å². The molecule has 2 aliphatic heterocycles. The second-order valence-electron chi connectivity index (χ2n) is 6.32. The number of urea groups is 1. The van der Waals surface area contributed by atoms with E-state index in [0.717, 1.165) is 12.2 Å². The monoisotopic (exact) mass is 345 g/mol. The summed E-state index contributed by atoms with van der Waals surface area (Å²) in [5, 5.41) is 2.89. The Morgan fingerprint density at radius 2 is 2.28 bits per heavy atom. The van der Waals surface area contributed by atoms with Crippen molar-refractivity contribution < 1.29 is 18.7 Å². The van der Waals surface area contributed by atoms with Crippen LogP contribution in [0, 0.1) is 5.82 Å². The van der Waals surface area contributed by atoms with Crippen LogP contribution in [0.25, 0.3) is 0 Å². The molecular weight excluding hydrogens is 325 g/mol. The summed E-state index contributed by atoms with van der Waals surface area (Å²) >= 11 is 0. The van der Waals surface area contributed by atoms with Gasteiger partial charge in [-0.1, -0.05) is 0 Å². The Labute approximate surface area is 145 Å². The lowest BCUT2D eigenvalue weighted by atomic mass is 10.1. The van der Waals surface area contributed by atoms with Gasteiger partial charge in [-0.05, 0) is 31.2 Å². The number of nitrogens with one attached hydrogen (secondary N) is 1. The number of amides is 2. The molecule has 4 rings (SSSR count). The molecule has 0 radical (unpaired) electrons. The highest BCUT2D eigenvalue weighted by Gasteiger charge is 2.27. The number of ether oxygens (including phenoxy) is 2. The first-order chi connectivity index (χ1) is 12.1. The Morgan fingerprint density at radius 3 is 3.16 bits per heavy atom. The summed E-state index contributed by atoms with van der Waals surface area (Å²) in [6.07, 6.45) is 2.03. The Balaban J connectivity index is 1.47. The van der Waals surface area contributed by atoms with Crippen LogP contribution in [0.1, 0.15) is 29.8 Å². The maximum Gasteiger partial charge on any atom is 0.318 e. The summed E-state index contributed by atoms with van der Waals surface area (Å²) in [5.74, 6) is 0.245. The van der Waals surface area contributed by atoms with E-state index in [-0.39, 0.29) is 31.2 Å². The number of hydrogen-bond acceptors (Lipinski definition) is 3. The molecule has 0 fully saturated rings. The van der Waals surface area contributed by atoms with Crippen LogP contribution in [0.3, 0.4) is 0 Å². The summed E-state index contributed by atoms with van der Waals surface area (Å²) in [6.45, 7) is 4.09. The SMILES string of the molecule is C[C@@H]1c2cccn2CCN1C(=O)NCc1cc(F)cc2c1OCOC2. The van der Waals surface area contributed by atoms with Crippen LogP contribution in [-0.4, -0.2) is 28.8 Å². The fraction of sp³-hybridized carbons (Fsp3) is 0.389. The van der Waals surface area contributed by atoms with E-state index >= 15 is 0 Å². The lowest BCUT2D eigenvalue weighted by Crippen LogP contribution is -2.45. The molecule has 0 saturated heterocycles. The van der Waals surface area contributed by atoms with E-state index in [1.807, 2.05) is 25.3 Å². The second-order valence-corrected chi connectivity index (χ2v) is 6.32. The van der Waals surface area contributed by atoms with Gasteiger partial charge in [0.05, 0.1) is 12.6 Å². The molecule has 132 valence electrons. The fourth-order valence-corrected chi connectivity index (χ4v) is 3.52. The predicted molar refractivity (Wildman–Crippen MR) is 88.5 cm³/mol. The van der Waals surface area contributed by atoms with Crippen molar-refractivity contribution in [3.63, 3.8) is 0 Å². The van der Waals surface area contributed by atoms with Crippen molar-refractivity contribution in [1.29, 1.82) is 0 Å². The highest BCUT2D eigenvalue weighted by atomic mass is 19.1. The molecule has 0 unspecified atom stereocenters. The predicted octanol–water partition coefficient (Wildman–Crippen LogP) is 2.78. The highest BCUT2D eigenvalue weighted by Crippen LogP contribution is 2.30. The Morgan fingerprint density at radius 1 is 1.40 bits per heavy atom. The van der Waals surface area contributed by atoms with Gasteiger partial charge in [-0.2, -0.15) is 0 Å². The molecule has 0 spiro atoms. The molecule has 1 atom stereocenters. The van der Waals surface area contributed by atoms with E-state index in [1.165, 1.54) is 12.1 Å². The molecule has 0 bridgehead atoms. The zero-order valence-corrected chi connectivity index (χ0v) is 14.0. The average molecular weight is 345 g/mol. The molecule has 0 aliphatic carbocycles. The van der Waals surface area contributed by atoms with E-state index in [1.54, 1.807) is 4.90 Å². The molecule has 1 aromatic carbocycles. The van der Waals surface area contributed by atoms with Crippen LogP contribution < -0.4 is 10.1 Å². The largest absolute Gasteiger partial charge is 0.467 e. The van der Waals surface area contributed by atoms with Crippen LogP contribution in [0.5, 0.6) is 5.75 Å². The van der Waals surface area contributed by atoms with Crippen LogP contribution in [0.4, 0.5) is 9.18 Å². The minimum atomic E-state index is -0.360. The van der Waals surface area contributed by atoms with Crippen molar-refractivity contribution >= 4 is 6.03 Å². The molecule has 2 aromatic rings. The number of rotatable bonds is 2. The van der Waals surface area contributed by atoms with E-state index in [0.29, 0.717) is 30.0 Å². The summed E-state index contributed by atoms with van der Waals surface area (Å²) in [7, 11) is 0. The van der Waals surface area contributed by atoms with E-state index in [2.05, 4.69) is 9.88 Å². The number of carbonyl (C=O) groups is 1. The van der Waals surface area contributed by atoms with Gasteiger partial charge in [-0.15, -0.1) is 0 Å². The molecule has 2 amide bonds. The van der Waals surface area contributed by atoms with Gasteiger partial charge in [0, 0.05) is 42.7 Å². The van der Waals surface area contributed by atoms with Crippen LogP contribution in [0.15, 0.2) is 30.5 Å². The summed E-state index contributed by atoms with van der Waals surface area (Å²) in [4.78, 5) is 14.4. The van der Waals surface area contributed by atoms with Gasteiger partial charge in [0.2, 0.25) is 0 Å². The van der Waals surface area contributed by atoms with Crippen LogP contribution in [-0.2, 0) is 24.4 Å². The number of halogens is 1. The molecule has 1 aromatic heterocycles. The van der Waals surface area contributed by atoms with E-state index in [4.69, 9.17) is 9.47 Å². The van der Waals surface area contributed by atoms with Gasteiger partial charge >= 0.3 is 6.03 Å². The van der Waals surface area contributed by atoms with Gasteiger partial charge in [0.15, 0.2) is 6.79 Å². The third kappa shape index (κ3) is 2.95. The maximum atomic E-state index is 13.8. The zero-order valence-electron chi connectivity index (χ0n) is 14.0. The molecule has 1 N–H and O–H groups in total. The minimum Gasteiger partial charge on any atom is -0.467 e. The first-order valence-corrected chi connectivity index (χ1v) is 8.35. The first-order valence-electron chi connectivity index (χ1n) is 8.35. The van der Waals surface area contributed by atoms with E-state index < -0.39 is 0 Å². The van der Waals surface area contributed by atoms with Crippen molar-refractivity contribution in [3.8, 4) is 5.75 Å². The number of aromatic nitrogens is 1. The maximum absolute atomic E-state index is 13.8. The smallest absolute Gasteiger partial charge is 0.318 e. The summed E-state index contributed by atoms with van der Waals surface area (Å²) < 4.78 is 26.6. The van der Waals surface area contributed by atoms with Crippen molar-refractivity contribution in [2.45, 2.75) is 32.7 Å².